The lowest BCUT2D eigenvalue weighted by molar-refractivity contribution is 0.102. The van der Waals surface area contributed by atoms with Crippen molar-refractivity contribution in [3.8, 4) is 11.3 Å². The molecule has 0 fully saturated rings. The van der Waals surface area contributed by atoms with E-state index in [0.717, 1.165) is 25.0 Å². The van der Waals surface area contributed by atoms with Gasteiger partial charge in [-0.15, -0.1) is 11.3 Å². The van der Waals surface area contributed by atoms with E-state index in [1.807, 2.05) is 0 Å². The topological polar surface area (TPSA) is 68.0 Å². The molecule has 0 radical (unpaired) electrons. The van der Waals surface area contributed by atoms with Crippen molar-refractivity contribution in [3.05, 3.63) is 50.9 Å². The van der Waals surface area contributed by atoms with E-state index in [4.69, 9.17) is 16.1 Å². The van der Waals surface area contributed by atoms with Gasteiger partial charge in [0, 0.05) is 4.88 Å². The zero-order valence-corrected chi connectivity index (χ0v) is 16.4. The van der Waals surface area contributed by atoms with Crippen LogP contribution in [0, 0.1) is 18.7 Å². The van der Waals surface area contributed by atoms with Crippen LogP contribution in [-0.4, -0.2) is 16.0 Å². The SMILES string of the molecule is Cc1onc(-c2c(F)cccc2Cl)c1C(=O)Nc1nc2c(s1)CC(C)CC2. The lowest BCUT2D eigenvalue weighted by Gasteiger charge is -2.15. The molecule has 0 saturated carbocycles. The highest BCUT2D eigenvalue weighted by molar-refractivity contribution is 7.15. The average molecular weight is 406 g/mol. The summed E-state index contributed by atoms with van der Waals surface area (Å²) in [5.74, 6) is -0.0980. The predicted octanol–water partition coefficient (Wildman–Crippen LogP) is 5.28. The fourth-order valence-electron chi connectivity index (χ4n) is 3.29. The van der Waals surface area contributed by atoms with Crippen molar-refractivity contribution in [2.75, 3.05) is 5.32 Å². The van der Waals surface area contributed by atoms with Crippen molar-refractivity contribution in [2.45, 2.75) is 33.1 Å². The van der Waals surface area contributed by atoms with Gasteiger partial charge in [-0.3, -0.25) is 10.1 Å². The van der Waals surface area contributed by atoms with E-state index in [1.165, 1.54) is 28.3 Å². The van der Waals surface area contributed by atoms with Crippen LogP contribution in [0.25, 0.3) is 11.3 Å². The number of benzene rings is 1. The van der Waals surface area contributed by atoms with Gasteiger partial charge in [0.2, 0.25) is 0 Å². The van der Waals surface area contributed by atoms with Gasteiger partial charge in [0.25, 0.3) is 5.91 Å². The number of aryl methyl sites for hydroxylation is 2. The number of amides is 1. The minimum atomic E-state index is -0.566. The minimum Gasteiger partial charge on any atom is -0.360 e. The monoisotopic (exact) mass is 405 g/mol. The van der Waals surface area contributed by atoms with E-state index in [1.54, 1.807) is 13.0 Å². The first-order chi connectivity index (χ1) is 12.9. The van der Waals surface area contributed by atoms with Gasteiger partial charge in [-0.25, -0.2) is 9.37 Å². The third-order valence-electron chi connectivity index (χ3n) is 4.70. The molecule has 2 aromatic heterocycles. The van der Waals surface area contributed by atoms with Crippen LogP contribution in [-0.2, 0) is 12.8 Å². The second kappa shape index (κ2) is 7.05. The number of nitrogens with zero attached hydrogens (tertiary/aromatic N) is 2. The summed E-state index contributed by atoms with van der Waals surface area (Å²) in [6, 6.07) is 4.31. The zero-order valence-electron chi connectivity index (χ0n) is 14.8. The molecule has 5 nitrogen and oxygen atoms in total. The van der Waals surface area contributed by atoms with Crippen molar-refractivity contribution < 1.29 is 13.7 Å². The van der Waals surface area contributed by atoms with E-state index in [-0.39, 0.29) is 27.6 Å². The van der Waals surface area contributed by atoms with Crippen molar-refractivity contribution in [1.29, 1.82) is 0 Å². The molecule has 140 valence electrons. The van der Waals surface area contributed by atoms with Crippen molar-refractivity contribution in [1.82, 2.24) is 10.1 Å². The second-order valence-electron chi connectivity index (χ2n) is 6.75. The number of rotatable bonds is 3. The Morgan fingerprint density at radius 2 is 2.26 bits per heavy atom. The number of anilines is 1. The van der Waals surface area contributed by atoms with Gasteiger partial charge in [-0.2, -0.15) is 0 Å². The first-order valence-corrected chi connectivity index (χ1v) is 9.84. The third kappa shape index (κ3) is 3.37. The molecule has 3 aromatic rings. The van der Waals surface area contributed by atoms with E-state index >= 15 is 0 Å². The number of hydrogen-bond acceptors (Lipinski definition) is 5. The Hall–Kier alpha value is -2.25. The fourth-order valence-corrected chi connectivity index (χ4v) is 4.71. The largest absolute Gasteiger partial charge is 0.360 e. The molecule has 0 aliphatic heterocycles. The highest BCUT2D eigenvalue weighted by atomic mass is 35.5. The predicted molar refractivity (Wildman–Crippen MR) is 103 cm³/mol. The maximum absolute atomic E-state index is 14.3. The first kappa shape index (κ1) is 18.1. The Balaban J connectivity index is 1.67. The van der Waals surface area contributed by atoms with Gasteiger partial charge in [0.15, 0.2) is 5.13 Å². The Kier molecular flexibility index (Phi) is 4.74. The van der Waals surface area contributed by atoms with Gasteiger partial charge >= 0.3 is 0 Å². The van der Waals surface area contributed by atoms with Gasteiger partial charge in [0.05, 0.1) is 16.3 Å². The summed E-state index contributed by atoms with van der Waals surface area (Å²) in [5, 5.41) is 7.37. The minimum absolute atomic E-state index is 0.0495. The summed E-state index contributed by atoms with van der Waals surface area (Å²) in [4.78, 5) is 18.6. The number of halogens is 2. The van der Waals surface area contributed by atoms with Crippen molar-refractivity contribution >= 4 is 34.0 Å². The van der Waals surface area contributed by atoms with E-state index in [0.29, 0.717) is 11.0 Å². The van der Waals surface area contributed by atoms with E-state index < -0.39 is 11.7 Å². The van der Waals surface area contributed by atoms with Gasteiger partial charge in [-0.05, 0) is 44.2 Å². The van der Waals surface area contributed by atoms with Crippen LogP contribution >= 0.6 is 22.9 Å². The van der Waals surface area contributed by atoms with Crippen LogP contribution in [0.15, 0.2) is 22.7 Å². The van der Waals surface area contributed by atoms with Gasteiger partial charge in [0.1, 0.15) is 22.8 Å². The molecule has 4 rings (SSSR count). The Morgan fingerprint density at radius 1 is 1.44 bits per heavy atom. The molecular formula is C19H17ClFN3O2S. The van der Waals surface area contributed by atoms with Gasteiger partial charge < -0.3 is 4.52 Å². The third-order valence-corrected chi connectivity index (χ3v) is 6.05. The summed E-state index contributed by atoms with van der Waals surface area (Å²) in [7, 11) is 0. The van der Waals surface area contributed by atoms with Crippen LogP contribution in [0.3, 0.4) is 0 Å². The van der Waals surface area contributed by atoms with Gasteiger partial charge in [-0.1, -0.05) is 29.7 Å². The maximum Gasteiger partial charge on any atom is 0.263 e. The molecule has 1 aromatic carbocycles. The molecule has 1 N–H and O–H groups in total. The average Bonchev–Trinajstić information content (AvgIpc) is 3.17. The maximum atomic E-state index is 14.3. The normalized spacial score (nSPS) is 16.2. The van der Waals surface area contributed by atoms with Crippen LogP contribution in [0.5, 0.6) is 0 Å². The molecule has 1 aliphatic carbocycles. The zero-order chi connectivity index (χ0) is 19.1. The second-order valence-corrected chi connectivity index (χ2v) is 8.24. The molecule has 8 heteroatoms. The Labute approximate surface area is 164 Å². The number of carbonyl (C=O) groups excluding carboxylic acids is 1. The number of aromatic nitrogens is 2. The van der Waals surface area contributed by atoms with Crippen LogP contribution < -0.4 is 5.32 Å². The molecule has 1 atom stereocenters. The van der Waals surface area contributed by atoms with Crippen LogP contribution in [0.2, 0.25) is 5.02 Å². The lowest BCUT2D eigenvalue weighted by Crippen LogP contribution is -2.14. The standard InChI is InChI=1S/C19H17ClFN3O2S/c1-9-6-7-13-14(8-9)27-19(22-13)23-18(25)15-10(2)26-24-17(15)16-11(20)4-3-5-12(16)21/h3-5,9H,6-8H2,1-2H3,(H,22,23,25). The quantitative estimate of drug-likeness (QED) is 0.644. The number of hydrogen-bond donors (Lipinski definition) is 1. The smallest absolute Gasteiger partial charge is 0.263 e. The molecular weight excluding hydrogens is 389 g/mol. The Bertz CT molecular complexity index is 1010. The number of nitrogens with one attached hydrogen (secondary N) is 1. The number of carbonyl (C=O) groups is 1. The molecule has 0 bridgehead atoms. The van der Waals surface area contributed by atoms with E-state index in [2.05, 4.69) is 22.4 Å². The summed E-state index contributed by atoms with van der Waals surface area (Å²) >= 11 is 7.61. The molecule has 1 amide bonds. The first-order valence-electron chi connectivity index (χ1n) is 8.64. The lowest BCUT2D eigenvalue weighted by atomic mass is 9.93. The fraction of sp³-hybridized carbons (Fsp3) is 0.316. The van der Waals surface area contributed by atoms with Crippen molar-refractivity contribution in [3.63, 3.8) is 0 Å². The highest BCUT2D eigenvalue weighted by Gasteiger charge is 2.27. The van der Waals surface area contributed by atoms with E-state index in [9.17, 15) is 9.18 Å². The molecule has 0 spiro atoms. The van der Waals surface area contributed by atoms with Crippen molar-refractivity contribution in [2.24, 2.45) is 5.92 Å². The molecule has 2 heterocycles. The molecule has 27 heavy (non-hydrogen) atoms. The molecule has 1 unspecified atom stereocenters. The summed E-state index contributed by atoms with van der Waals surface area (Å²) in [6.07, 6.45) is 3.00. The summed E-state index contributed by atoms with van der Waals surface area (Å²) in [6.45, 7) is 3.82. The molecule has 1 aliphatic rings. The number of thiazole rings is 1. The highest BCUT2D eigenvalue weighted by Crippen LogP contribution is 2.35. The van der Waals surface area contributed by atoms with Crippen LogP contribution in [0.4, 0.5) is 9.52 Å². The summed E-state index contributed by atoms with van der Waals surface area (Å²) < 4.78 is 19.5. The molecule has 0 saturated heterocycles. The number of fused-ring (bicyclic) bond motifs is 1. The van der Waals surface area contributed by atoms with Crippen LogP contribution in [0.1, 0.15) is 40.0 Å². The Morgan fingerprint density at radius 3 is 3.04 bits per heavy atom. The summed E-state index contributed by atoms with van der Waals surface area (Å²) in [5.41, 5.74) is 1.34.